The average molecular weight is 331 g/mol. The summed E-state index contributed by atoms with van der Waals surface area (Å²) in [6.07, 6.45) is 1.77. The van der Waals surface area contributed by atoms with E-state index in [2.05, 4.69) is 4.98 Å². The number of aromatic amines is 1. The highest BCUT2D eigenvalue weighted by Gasteiger charge is 2.27. The molecule has 0 fully saturated rings. The van der Waals surface area contributed by atoms with Gasteiger partial charge in [0.2, 0.25) is 5.78 Å². The molecule has 0 aliphatic carbocycles. The van der Waals surface area contributed by atoms with Gasteiger partial charge in [0, 0.05) is 34.7 Å². The van der Waals surface area contributed by atoms with Gasteiger partial charge in [-0.25, -0.2) is 0 Å². The summed E-state index contributed by atoms with van der Waals surface area (Å²) < 4.78 is 1.70. The van der Waals surface area contributed by atoms with Crippen molar-refractivity contribution in [3.05, 3.63) is 58.5 Å². The van der Waals surface area contributed by atoms with Gasteiger partial charge in [-0.1, -0.05) is 11.6 Å². The molecule has 2 aromatic heterocycles. The molecule has 0 radical (unpaired) electrons. The quantitative estimate of drug-likeness (QED) is 0.718. The minimum atomic E-state index is -0.994. The number of carboxylic acids is 1. The van der Waals surface area contributed by atoms with E-state index in [-0.39, 0.29) is 5.78 Å². The Hall–Kier alpha value is -2.53. The molecule has 0 saturated heterocycles. The number of nitrogens with one attached hydrogen (secondary N) is 1. The van der Waals surface area contributed by atoms with Crippen molar-refractivity contribution in [2.45, 2.75) is 12.8 Å². The molecule has 0 aliphatic rings. The van der Waals surface area contributed by atoms with Crippen molar-refractivity contribution in [3.63, 3.8) is 0 Å². The first-order chi connectivity index (χ1) is 10.9. The van der Waals surface area contributed by atoms with Crippen molar-refractivity contribution >= 4 is 34.3 Å². The molecule has 0 amide bonds. The van der Waals surface area contributed by atoms with Crippen LogP contribution in [-0.4, -0.2) is 26.4 Å². The summed E-state index contributed by atoms with van der Waals surface area (Å²) in [7, 11) is 1.77. The molecule has 3 rings (SSSR count). The lowest BCUT2D eigenvalue weighted by molar-refractivity contribution is -0.138. The number of aromatic nitrogens is 2. The first-order valence-electron chi connectivity index (χ1n) is 7.10. The topological polar surface area (TPSA) is 75.1 Å². The molecule has 1 aromatic carbocycles. The molecule has 0 spiro atoms. The molecule has 1 atom stereocenters. The summed E-state index contributed by atoms with van der Waals surface area (Å²) >= 11 is 6.04. The van der Waals surface area contributed by atoms with E-state index >= 15 is 0 Å². The lowest BCUT2D eigenvalue weighted by Crippen LogP contribution is -2.14. The number of ketones is 1. The fourth-order valence-corrected chi connectivity index (χ4v) is 2.93. The highest BCUT2D eigenvalue weighted by molar-refractivity contribution is 6.31. The summed E-state index contributed by atoms with van der Waals surface area (Å²) in [5, 5.41) is 10.6. The smallest absolute Gasteiger partial charge is 0.310 e. The molecule has 6 heteroatoms. The van der Waals surface area contributed by atoms with Gasteiger partial charge in [0.1, 0.15) is 0 Å². The molecule has 5 nitrogen and oxygen atoms in total. The zero-order valence-corrected chi connectivity index (χ0v) is 13.4. The number of rotatable bonds is 4. The van der Waals surface area contributed by atoms with Crippen molar-refractivity contribution in [1.29, 1.82) is 0 Å². The number of hydrogen-bond acceptors (Lipinski definition) is 2. The van der Waals surface area contributed by atoms with Crippen LogP contribution in [0.15, 0.2) is 36.5 Å². The second-order valence-electron chi connectivity index (χ2n) is 5.50. The first-order valence-corrected chi connectivity index (χ1v) is 7.48. The number of H-pyrrole nitrogens is 1. The van der Waals surface area contributed by atoms with Crippen LogP contribution in [0.25, 0.3) is 10.9 Å². The highest BCUT2D eigenvalue weighted by Crippen LogP contribution is 2.32. The predicted molar refractivity (Wildman–Crippen MR) is 88.2 cm³/mol. The summed E-state index contributed by atoms with van der Waals surface area (Å²) in [5.41, 5.74) is 1.93. The SMILES string of the molecule is CC(C(=O)O)c1c(C(=O)c2cccn2C)[nH]c2ccc(Cl)cc12. The molecule has 2 N–H and O–H groups in total. The Bertz CT molecular complexity index is 923. The minimum Gasteiger partial charge on any atom is -0.481 e. The van der Waals surface area contributed by atoms with E-state index in [1.54, 1.807) is 55.1 Å². The van der Waals surface area contributed by atoms with Crippen LogP contribution in [-0.2, 0) is 11.8 Å². The number of aryl methyl sites for hydroxylation is 1. The Morgan fingerprint density at radius 2 is 2.04 bits per heavy atom. The highest BCUT2D eigenvalue weighted by atomic mass is 35.5. The normalized spacial score (nSPS) is 12.5. The molecular weight excluding hydrogens is 316 g/mol. The number of carbonyl (C=O) groups is 2. The van der Waals surface area contributed by atoms with Crippen LogP contribution in [0, 0.1) is 0 Å². The molecule has 23 heavy (non-hydrogen) atoms. The fourth-order valence-electron chi connectivity index (χ4n) is 2.76. The molecule has 0 saturated carbocycles. The van der Waals surface area contributed by atoms with E-state index in [4.69, 9.17) is 11.6 Å². The average Bonchev–Trinajstić information content (AvgIpc) is 3.08. The Labute approximate surface area is 137 Å². The zero-order chi connectivity index (χ0) is 16.7. The van der Waals surface area contributed by atoms with Crippen LogP contribution in [0.5, 0.6) is 0 Å². The van der Waals surface area contributed by atoms with Crippen LogP contribution >= 0.6 is 11.6 Å². The van der Waals surface area contributed by atoms with Gasteiger partial charge in [-0.3, -0.25) is 9.59 Å². The van der Waals surface area contributed by atoms with Gasteiger partial charge in [0.15, 0.2) is 0 Å². The molecule has 2 heterocycles. The van der Waals surface area contributed by atoms with Crippen molar-refractivity contribution in [1.82, 2.24) is 9.55 Å². The van der Waals surface area contributed by atoms with Gasteiger partial charge >= 0.3 is 5.97 Å². The monoisotopic (exact) mass is 330 g/mol. The first kappa shape index (κ1) is 15.4. The molecule has 3 aromatic rings. The van der Waals surface area contributed by atoms with Crippen LogP contribution in [0.4, 0.5) is 0 Å². The lowest BCUT2D eigenvalue weighted by atomic mass is 9.95. The van der Waals surface area contributed by atoms with Gasteiger partial charge in [0.05, 0.1) is 17.3 Å². The van der Waals surface area contributed by atoms with Gasteiger partial charge in [-0.05, 0) is 37.3 Å². The number of hydrogen-bond donors (Lipinski definition) is 2. The summed E-state index contributed by atoms with van der Waals surface area (Å²) in [4.78, 5) is 27.4. The van der Waals surface area contributed by atoms with Crippen LogP contribution in [0.3, 0.4) is 0 Å². The number of nitrogens with zero attached hydrogens (tertiary/aromatic N) is 1. The predicted octanol–water partition coefficient (Wildman–Crippen LogP) is 3.58. The standard InChI is InChI=1S/C17H15ClN2O3/c1-9(17(22)23)14-11-8-10(18)5-6-12(11)19-15(14)16(21)13-4-3-7-20(13)2/h3-9,19H,1-2H3,(H,22,23). The summed E-state index contributed by atoms with van der Waals surface area (Å²) in [5.74, 6) is -2.07. The van der Waals surface area contributed by atoms with E-state index in [9.17, 15) is 14.7 Å². The van der Waals surface area contributed by atoms with Crippen LogP contribution in [0.2, 0.25) is 5.02 Å². The Kier molecular flexibility index (Phi) is 3.74. The number of carboxylic acid groups (broad SMARTS) is 1. The van der Waals surface area contributed by atoms with Gasteiger partial charge in [-0.15, -0.1) is 0 Å². The Balaban J connectivity index is 2.27. The Morgan fingerprint density at radius 3 is 2.65 bits per heavy atom. The third kappa shape index (κ3) is 2.53. The van der Waals surface area contributed by atoms with Crippen molar-refractivity contribution < 1.29 is 14.7 Å². The number of fused-ring (bicyclic) bond motifs is 1. The second-order valence-corrected chi connectivity index (χ2v) is 5.93. The van der Waals surface area contributed by atoms with Crippen molar-refractivity contribution in [2.24, 2.45) is 7.05 Å². The van der Waals surface area contributed by atoms with E-state index in [0.717, 1.165) is 0 Å². The fraction of sp³-hybridized carbons (Fsp3) is 0.176. The second kappa shape index (κ2) is 5.59. The van der Waals surface area contributed by atoms with Crippen LogP contribution in [0.1, 0.15) is 34.6 Å². The third-order valence-electron chi connectivity index (χ3n) is 4.01. The van der Waals surface area contributed by atoms with E-state index < -0.39 is 11.9 Å². The molecular formula is C17H15ClN2O3. The van der Waals surface area contributed by atoms with Crippen LogP contribution < -0.4 is 0 Å². The summed E-state index contributed by atoms with van der Waals surface area (Å²) in [6.45, 7) is 1.56. The largest absolute Gasteiger partial charge is 0.481 e. The maximum atomic E-state index is 12.9. The van der Waals surface area contributed by atoms with Crippen molar-refractivity contribution in [3.8, 4) is 0 Å². The van der Waals surface area contributed by atoms with Gasteiger partial charge in [0.25, 0.3) is 0 Å². The molecule has 118 valence electrons. The molecule has 1 unspecified atom stereocenters. The number of aliphatic carboxylic acids is 1. The Morgan fingerprint density at radius 1 is 1.30 bits per heavy atom. The zero-order valence-electron chi connectivity index (χ0n) is 12.6. The number of halogens is 1. The number of benzene rings is 1. The van der Waals surface area contributed by atoms with E-state index in [1.165, 1.54) is 0 Å². The maximum absolute atomic E-state index is 12.9. The minimum absolute atomic E-state index is 0.243. The number of carbonyl (C=O) groups excluding carboxylic acids is 1. The maximum Gasteiger partial charge on any atom is 0.310 e. The summed E-state index contributed by atoms with van der Waals surface area (Å²) in [6, 6.07) is 8.61. The molecule has 0 aliphatic heterocycles. The van der Waals surface area contributed by atoms with E-state index in [1.807, 2.05) is 0 Å². The van der Waals surface area contributed by atoms with Crippen molar-refractivity contribution in [2.75, 3.05) is 0 Å². The molecule has 0 bridgehead atoms. The lowest BCUT2D eigenvalue weighted by Gasteiger charge is -2.09. The van der Waals surface area contributed by atoms with Gasteiger partial charge < -0.3 is 14.7 Å². The third-order valence-corrected chi connectivity index (χ3v) is 4.24. The van der Waals surface area contributed by atoms with E-state index in [0.29, 0.717) is 32.9 Å². The van der Waals surface area contributed by atoms with Gasteiger partial charge in [-0.2, -0.15) is 0 Å².